The van der Waals surface area contributed by atoms with Crippen LogP contribution < -0.4 is 0 Å². The van der Waals surface area contributed by atoms with Crippen molar-refractivity contribution in [1.29, 1.82) is 0 Å². The molecule has 4 aromatic rings. The Kier molecular flexibility index (Phi) is 3.35. The minimum atomic E-state index is 0.451. The van der Waals surface area contributed by atoms with Crippen molar-refractivity contribution >= 4 is 22.6 Å². The Morgan fingerprint density at radius 2 is 1.96 bits per heavy atom. The van der Waals surface area contributed by atoms with Gasteiger partial charge >= 0.3 is 0 Å². The lowest BCUT2D eigenvalue weighted by atomic mass is 10.1. The molecule has 0 spiro atoms. The van der Waals surface area contributed by atoms with Crippen LogP contribution in [-0.2, 0) is 6.54 Å². The Morgan fingerprint density at radius 3 is 2.78 bits per heavy atom. The molecule has 0 bridgehead atoms. The molecule has 5 nitrogen and oxygen atoms in total. The Balaban J connectivity index is 1.64. The van der Waals surface area contributed by atoms with Gasteiger partial charge in [0.15, 0.2) is 5.76 Å². The minimum Gasteiger partial charge on any atom is -0.359 e. The number of nitrogens with zero attached hydrogens (tertiary/aromatic N) is 4. The third-order valence-corrected chi connectivity index (χ3v) is 4.04. The first kappa shape index (κ1) is 14.0. The van der Waals surface area contributed by atoms with Crippen LogP contribution in [0, 0.1) is 6.92 Å². The van der Waals surface area contributed by atoms with Gasteiger partial charge in [-0.15, -0.1) is 0 Å². The normalized spacial score (nSPS) is 11.2. The summed E-state index contributed by atoms with van der Waals surface area (Å²) < 4.78 is 7.42. The molecular weight excluding hydrogens is 312 g/mol. The van der Waals surface area contributed by atoms with E-state index in [9.17, 15) is 0 Å². The Morgan fingerprint density at radius 1 is 1.13 bits per heavy atom. The highest BCUT2D eigenvalue weighted by Gasteiger charge is 2.11. The lowest BCUT2D eigenvalue weighted by molar-refractivity contribution is 0.379. The lowest BCUT2D eigenvalue weighted by Crippen LogP contribution is -1.98. The summed E-state index contributed by atoms with van der Waals surface area (Å²) in [4.78, 5) is 8.26. The topological polar surface area (TPSA) is 56.7 Å². The zero-order valence-corrected chi connectivity index (χ0v) is 13.2. The van der Waals surface area contributed by atoms with Gasteiger partial charge in [0, 0.05) is 17.8 Å². The molecule has 3 aromatic heterocycles. The van der Waals surface area contributed by atoms with Crippen molar-refractivity contribution in [1.82, 2.24) is 19.7 Å². The van der Waals surface area contributed by atoms with Gasteiger partial charge in [-0.3, -0.25) is 0 Å². The van der Waals surface area contributed by atoms with E-state index in [0.29, 0.717) is 11.7 Å². The second-order valence-electron chi connectivity index (χ2n) is 5.39. The third kappa shape index (κ3) is 2.59. The standard InChI is InChI=1S/C17H13ClN4O/c1-11-2-4-12(5-3-11)15-8-13(23-21-15)9-22-7-6-14-16(18)19-10-20-17(14)22/h2-8,10H,9H2,1H3. The van der Waals surface area contributed by atoms with Gasteiger partial charge < -0.3 is 9.09 Å². The summed E-state index contributed by atoms with van der Waals surface area (Å²) in [5.74, 6) is 0.757. The van der Waals surface area contributed by atoms with Crippen molar-refractivity contribution in [2.24, 2.45) is 0 Å². The maximum atomic E-state index is 6.07. The molecule has 0 fully saturated rings. The van der Waals surface area contributed by atoms with E-state index >= 15 is 0 Å². The van der Waals surface area contributed by atoms with Gasteiger partial charge in [-0.1, -0.05) is 46.6 Å². The van der Waals surface area contributed by atoms with Crippen molar-refractivity contribution in [3.05, 3.63) is 65.4 Å². The van der Waals surface area contributed by atoms with Gasteiger partial charge in [-0.2, -0.15) is 0 Å². The summed E-state index contributed by atoms with van der Waals surface area (Å²) in [6, 6.07) is 12.0. The molecular formula is C17H13ClN4O. The molecule has 23 heavy (non-hydrogen) atoms. The average molecular weight is 325 g/mol. The quantitative estimate of drug-likeness (QED) is 0.532. The number of halogens is 1. The molecule has 3 heterocycles. The molecule has 0 saturated carbocycles. The number of aromatic nitrogens is 4. The maximum absolute atomic E-state index is 6.07. The van der Waals surface area contributed by atoms with Crippen LogP contribution in [0.4, 0.5) is 0 Å². The molecule has 0 aliphatic rings. The molecule has 0 saturated heterocycles. The lowest BCUT2D eigenvalue weighted by Gasteiger charge is -2.00. The van der Waals surface area contributed by atoms with Gasteiger partial charge in [0.1, 0.15) is 22.8 Å². The number of hydrogen-bond donors (Lipinski definition) is 0. The molecule has 6 heteroatoms. The van der Waals surface area contributed by atoms with E-state index in [4.69, 9.17) is 16.1 Å². The van der Waals surface area contributed by atoms with Crippen LogP contribution in [-0.4, -0.2) is 19.7 Å². The van der Waals surface area contributed by atoms with Crippen LogP contribution in [0.15, 0.2) is 53.4 Å². The average Bonchev–Trinajstić information content (AvgIpc) is 3.17. The zero-order valence-electron chi connectivity index (χ0n) is 12.4. The van der Waals surface area contributed by atoms with Crippen LogP contribution in [0.2, 0.25) is 5.15 Å². The summed E-state index contributed by atoms with van der Waals surface area (Å²) in [6.07, 6.45) is 3.37. The fourth-order valence-electron chi connectivity index (χ4n) is 2.52. The molecule has 0 aliphatic carbocycles. The first-order valence-corrected chi connectivity index (χ1v) is 7.56. The van der Waals surface area contributed by atoms with Crippen molar-refractivity contribution in [3.8, 4) is 11.3 Å². The molecule has 0 amide bonds. The van der Waals surface area contributed by atoms with E-state index < -0.39 is 0 Å². The predicted molar refractivity (Wildman–Crippen MR) is 88.3 cm³/mol. The largest absolute Gasteiger partial charge is 0.359 e. The van der Waals surface area contributed by atoms with Gasteiger partial charge in [0.2, 0.25) is 0 Å². The summed E-state index contributed by atoms with van der Waals surface area (Å²) in [5.41, 5.74) is 3.85. The summed E-state index contributed by atoms with van der Waals surface area (Å²) in [7, 11) is 0. The Labute approximate surface area is 137 Å². The van der Waals surface area contributed by atoms with Gasteiger partial charge in [0.25, 0.3) is 0 Å². The molecule has 0 aliphatic heterocycles. The molecule has 0 atom stereocenters. The third-order valence-electron chi connectivity index (χ3n) is 3.74. The number of aryl methyl sites for hydroxylation is 1. The summed E-state index contributed by atoms with van der Waals surface area (Å²) >= 11 is 6.07. The van der Waals surface area contributed by atoms with Crippen molar-refractivity contribution in [2.45, 2.75) is 13.5 Å². The van der Waals surface area contributed by atoms with Crippen LogP contribution in [0.25, 0.3) is 22.3 Å². The van der Waals surface area contributed by atoms with Crippen molar-refractivity contribution < 1.29 is 4.52 Å². The summed E-state index contributed by atoms with van der Waals surface area (Å²) in [6.45, 7) is 2.60. The smallest absolute Gasteiger partial charge is 0.157 e. The first-order valence-electron chi connectivity index (χ1n) is 7.19. The Bertz CT molecular complexity index is 972. The van der Waals surface area contributed by atoms with Crippen molar-refractivity contribution in [3.63, 3.8) is 0 Å². The van der Waals surface area contributed by atoms with E-state index in [2.05, 4.69) is 34.2 Å². The van der Waals surface area contributed by atoms with Gasteiger partial charge in [-0.05, 0) is 13.0 Å². The highest BCUT2D eigenvalue weighted by Crippen LogP contribution is 2.23. The molecule has 0 unspecified atom stereocenters. The first-order chi connectivity index (χ1) is 11.2. The Hall–Kier alpha value is -2.66. The van der Waals surface area contributed by atoms with Crippen LogP contribution in [0.3, 0.4) is 0 Å². The number of rotatable bonds is 3. The second-order valence-corrected chi connectivity index (χ2v) is 5.75. The zero-order chi connectivity index (χ0) is 15.8. The van der Waals surface area contributed by atoms with Gasteiger partial charge in [-0.25, -0.2) is 9.97 Å². The van der Waals surface area contributed by atoms with Crippen LogP contribution in [0.1, 0.15) is 11.3 Å². The maximum Gasteiger partial charge on any atom is 0.157 e. The van der Waals surface area contributed by atoms with Crippen LogP contribution in [0.5, 0.6) is 0 Å². The van der Waals surface area contributed by atoms with Gasteiger partial charge in [0.05, 0.1) is 11.9 Å². The fourth-order valence-corrected chi connectivity index (χ4v) is 2.71. The molecule has 0 N–H and O–H groups in total. The second kappa shape index (κ2) is 5.52. The molecule has 114 valence electrons. The molecule has 1 aromatic carbocycles. The molecule has 0 radical (unpaired) electrons. The van der Waals surface area contributed by atoms with Crippen molar-refractivity contribution in [2.75, 3.05) is 0 Å². The number of benzene rings is 1. The highest BCUT2D eigenvalue weighted by molar-refractivity contribution is 6.33. The SMILES string of the molecule is Cc1ccc(-c2cc(Cn3ccc4c(Cl)ncnc43)on2)cc1. The molecule has 4 rings (SSSR count). The van der Waals surface area contributed by atoms with E-state index in [0.717, 1.165) is 28.1 Å². The van der Waals surface area contributed by atoms with E-state index in [1.54, 1.807) is 0 Å². The number of fused-ring (bicyclic) bond motifs is 1. The van der Waals surface area contributed by atoms with E-state index in [1.165, 1.54) is 11.9 Å². The highest BCUT2D eigenvalue weighted by atomic mass is 35.5. The minimum absolute atomic E-state index is 0.451. The monoisotopic (exact) mass is 324 g/mol. The van der Waals surface area contributed by atoms with E-state index in [1.807, 2.05) is 35.0 Å². The van der Waals surface area contributed by atoms with Crippen LogP contribution >= 0.6 is 11.6 Å². The summed E-state index contributed by atoms with van der Waals surface area (Å²) in [5, 5.41) is 5.42. The fraction of sp³-hybridized carbons (Fsp3) is 0.118. The number of hydrogen-bond acceptors (Lipinski definition) is 4. The van der Waals surface area contributed by atoms with E-state index in [-0.39, 0.29) is 0 Å². The predicted octanol–water partition coefficient (Wildman–Crippen LogP) is 4.10.